The van der Waals surface area contributed by atoms with E-state index in [0.717, 1.165) is 0 Å². The molecule has 0 unspecified atom stereocenters. The molecule has 0 atom stereocenters. The van der Waals surface area contributed by atoms with Crippen LogP contribution in [0.15, 0.2) is 49.6 Å². The van der Waals surface area contributed by atoms with Crippen molar-refractivity contribution in [2.45, 2.75) is 0 Å². The van der Waals surface area contributed by atoms with E-state index in [9.17, 15) is 31.6 Å². The molecular weight excluding hydrogens is 536 g/mol. The topological polar surface area (TPSA) is 272 Å². The summed E-state index contributed by atoms with van der Waals surface area (Å²) in [6.07, 6.45) is 13.1. The quantitative estimate of drug-likeness (QED) is 0.246. The molecule has 42 heavy (non-hydrogen) atoms. The zero-order chi connectivity index (χ0) is 29.9. The lowest BCUT2D eigenvalue weighted by molar-refractivity contribution is 1.15. The molecule has 0 bridgehead atoms. The summed E-state index contributed by atoms with van der Waals surface area (Å²) in [6.45, 7) is 0. The summed E-state index contributed by atoms with van der Waals surface area (Å²) in [7, 11) is 0. The smallest absolute Gasteiger partial charge is 0.177 e. The van der Waals surface area contributed by atoms with Gasteiger partial charge in [-0.3, -0.25) is 19.9 Å². The van der Waals surface area contributed by atoms with Gasteiger partial charge < -0.3 is 0 Å². The maximum atomic E-state index is 9.29. The molecule has 1 aromatic carbocycles. The number of rotatable bonds is 0. The number of nitrogens with zero attached hydrogens (tertiary/aromatic N) is 16. The van der Waals surface area contributed by atoms with Gasteiger partial charge in [0.15, 0.2) is 34.2 Å². The third-order valence-electron chi connectivity index (χ3n) is 4.95. The maximum Gasteiger partial charge on any atom is 0.177 e. The van der Waals surface area contributed by atoms with Crippen LogP contribution in [-0.4, -0.2) is 49.8 Å². The number of hydrogen-bond acceptors (Lipinski definition) is 16. The minimum atomic E-state index is -0.294. The molecule has 0 amide bonds. The molecule has 0 fully saturated rings. The molecule has 0 saturated heterocycles. The van der Waals surface area contributed by atoms with Crippen LogP contribution in [0.3, 0.4) is 0 Å². The third kappa shape index (κ3) is 5.45. The molecule has 6 aromatic rings. The first-order valence-electron chi connectivity index (χ1n) is 11.2. The second-order valence-corrected chi connectivity index (χ2v) is 7.31. The second kappa shape index (κ2) is 12.7. The summed E-state index contributed by atoms with van der Waals surface area (Å²) in [5.41, 5.74) is -1.91. The van der Waals surface area contributed by atoms with E-state index >= 15 is 0 Å². The number of hydrogen-bond donors (Lipinski definition) is 0. The number of benzene rings is 1. The average Bonchev–Trinajstić information content (AvgIpc) is 3.08. The van der Waals surface area contributed by atoms with Crippen molar-refractivity contribution < 1.29 is 0 Å². The highest BCUT2D eigenvalue weighted by Crippen LogP contribution is 2.31. The van der Waals surface area contributed by atoms with E-state index in [-0.39, 0.29) is 67.3 Å². The Labute approximate surface area is 234 Å². The Morgan fingerprint density at radius 2 is 0.429 bits per heavy atom. The lowest BCUT2D eigenvalue weighted by Crippen LogP contribution is -2.05. The fourth-order valence-corrected chi connectivity index (χ4v) is 3.27. The summed E-state index contributed by atoms with van der Waals surface area (Å²) in [6, 6.07) is 10.5. The molecule has 0 aliphatic rings. The van der Waals surface area contributed by atoms with Crippen LogP contribution in [0.4, 0.5) is 0 Å². The molecule has 5 aromatic heterocycles. The fraction of sp³-hybridized carbons (Fsp3) is 0. The first-order chi connectivity index (χ1) is 20.6. The van der Waals surface area contributed by atoms with Gasteiger partial charge >= 0.3 is 0 Å². The zero-order valence-corrected chi connectivity index (χ0v) is 20.8. The van der Waals surface area contributed by atoms with Gasteiger partial charge in [0.1, 0.15) is 69.5 Å². The van der Waals surface area contributed by atoms with Crippen molar-refractivity contribution in [2.24, 2.45) is 0 Å². The van der Waals surface area contributed by atoms with Gasteiger partial charge in [0.2, 0.25) is 0 Å². The Hall–Kier alpha value is -7.66. The van der Waals surface area contributed by atoms with E-state index in [1.165, 1.54) is 0 Å². The highest BCUT2D eigenvalue weighted by Gasteiger charge is 2.22. The lowest BCUT2D eigenvalue weighted by atomic mass is 10.1. The Balaban J connectivity index is 0.000000277. The Bertz CT molecular complexity index is 1760. The molecule has 0 aliphatic carbocycles. The molecule has 16 heteroatoms. The largest absolute Gasteiger partial charge is 0.262 e. The molecule has 0 N–H and O–H groups in total. The summed E-state index contributed by atoms with van der Waals surface area (Å²) in [5, 5.41) is 55.7. The van der Waals surface area contributed by atoms with Crippen LogP contribution >= 0.6 is 0 Å². The standard InChI is InChI=1S/C18N12.2C4H4N2/c19-1-7-8(2-20)26-14-13(25-7)15-17(29-10(4-22)9(3-21)27-15)18-16(14)28-11(5-23)12(6-24)30-18;2*1-2-6-4-3-5-1/h;2*1-4H. The summed E-state index contributed by atoms with van der Waals surface area (Å²) in [5.74, 6) is 0. The number of aromatic nitrogens is 10. The van der Waals surface area contributed by atoms with Gasteiger partial charge in [0.25, 0.3) is 0 Å². The van der Waals surface area contributed by atoms with E-state index in [0.29, 0.717) is 0 Å². The average molecular weight is 544 g/mol. The van der Waals surface area contributed by atoms with E-state index in [4.69, 9.17) is 0 Å². The van der Waals surface area contributed by atoms with Crippen molar-refractivity contribution in [1.82, 2.24) is 49.8 Å². The van der Waals surface area contributed by atoms with Crippen LogP contribution in [0.2, 0.25) is 0 Å². The number of fused-ring (bicyclic) bond motifs is 6. The van der Waals surface area contributed by atoms with Crippen molar-refractivity contribution >= 4 is 33.1 Å². The summed E-state index contributed by atoms with van der Waals surface area (Å²) >= 11 is 0. The number of nitriles is 6. The highest BCUT2D eigenvalue weighted by molar-refractivity contribution is 6.18. The highest BCUT2D eigenvalue weighted by atomic mass is 14.9. The molecule has 5 heterocycles. The molecule has 0 aliphatic heterocycles. The van der Waals surface area contributed by atoms with Gasteiger partial charge in [-0.25, -0.2) is 29.9 Å². The third-order valence-corrected chi connectivity index (χ3v) is 4.95. The molecular formula is C26H8N16. The fourth-order valence-electron chi connectivity index (χ4n) is 3.27. The van der Waals surface area contributed by atoms with E-state index in [2.05, 4.69) is 49.8 Å². The molecule has 0 radical (unpaired) electrons. The first kappa shape index (κ1) is 27.4. The molecule has 16 nitrogen and oxygen atoms in total. The molecule has 0 spiro atoms. The predicted octanol–water partition coefficient (Wildman–Crippen LogP) is 1.70. The van der Waals surface area contributed by atoms with Gasteiger partial charge in [0.05, 0.1) is 0 Å². The van der Waals surface area contributed by atoms with Crippen LogP contribution in [0, 0.1) is 68.0 Å². The molecule has 6 rings (SSSR count). The van der Waals surface area contributed by atoms with E-state index in [1.807, 2.05) is 0 Å². The summed E-state index contributed by atoms with van der Waals surface area (Å²) in [4.78, 5) is 39.6. The zero-order valence-electron chi connectivity index (χ0n) is 20.8. The van der Waals surface area contributed by atoms with E-state index in [1.54, 1.807) is 86.0 Å². The Morgan fingerprint density at radius 3 is 0.524 bits per heavy atom. The van der Waals surface area contributed by atoms with Crippen LogP contribution < -0.4 is 0 Å². The van der Waals surface area contributed by atoms with Gasteiger partial charge in [0, 0.05) is 49.6 Å². The van der Waals surface area contributed by atoms with E-state index < -0.39 is 0 Å². The minimum absolute atomic E-state index is 0.0237. The Kier molecular flexibility index (Phi) is 8.30. The van der Waals surface area contributed by atoms with Crippen molar-refractivity contribution in [1.29, 1.82) is 31.6 Å². The molecule has 192 valence electrons. The Morgan fingerprint density at radius 1 is 0.286 bits per heavy atom. The van der Waals surface area contributed by atoms with Crippen molar-refractivity contribution in [3.63, 3.8) is 0 Å². The SMILES string of the molecule is N#Cc1nc2c3nc(C#N)c(C#N)nc3c3nc(C#N)c(C#N)nc3c2nc1C#N.c1cnccn1.c1cnccn1. The first-order valence-corrected chi connectivity index (χ1v) is 11.2. The second-order valence-electron chi connectivity index (χ2n) is 7.31. The molecule has 0 saturated carbocycles. The minimum Gasteiger partial charge on any atom is -0.262 e. The van der Waals surface area contributed by atoms with Crippen molar-refractivity contribution in [2.75, 3.05) is 0 Å². The predicted molar refractivity (Wildman–Crippen MR) is 138 cm³/mol. The maximum absolute atomic E-state index is 9.29. The van der Waals surface area contributed by atoms with Gasteiger partial charge in [-0.05, 0) is 0 Å². The normalized spacial score (nSPS) is 9.29. The lowest BCUT2D eigenvalue weighted by Gasteiger charge is -2.09. The van der Waals surface area contributed by atoms with Crippen LogP contribution in [-0.2, 0) is 0 Å². The van der Waals surface area contributed by atoms with Crippen molar-refractivity contribution in [3.8, 4) is 36.4 Å². The van der Waals surface area contributed by atoms with Crippen LogP contribution in [0.5, 0.6) is 0 Å². The van der Waals surface area contributed by atoms with Gasteiger partial charge in [-0.15, -0.1) is 0 Å². The van der Waals surface area contributed by atoms with Crippen LogP contribution in [0.1, 0.15) is 34.2 Å². The van der Waals surface area contributed by atoms with Crippen LogP contribution in [0.25, 0.3) is 33.1 Å². The van der Waals surface area contributed by atoms with Gasteiger partial charge in [-0.1, -0.05) is 0 Å². The van der Waals surface area contributed by atoms with Gasteiger partial charge in [-0.2, -0.15) is 31.6 Å². The van der Waals surface area contributed by atoms with Crippen molar-refractivity contribution in [3.05, 3.63) is 83.7 Å². The summed E-state index contributed by atoms with van der Waals surface area (Å²) < 4.78 is 0. The monoisotopic (exact) mass is 544 g/mol.